The second kappa shape index (κ2) is 5.71. The van der Waals surface area contributed by atoms with Gasteiger partial charge < -0.3 is 10.1 Å². The average molecular weight is 211 g/mol. The summed E-state index contributed by atoms with van der Waals surface area (Å²) in [5.74, 6) is -0.169. The van der Waals surface area contributed by atoms with E-state index in [0.717, 1.165) is 5.69 Å². The fourth-order valence-corrected chi connectivity index (χ4v) is 1.36. The minimum absolute atomic E-state index is 0.169. The topological polar surface area (TPSA) is 21.3 Å². The lowest BCUT2D eigenvalue weighted by Crippen LogP contribution is -2.21. The van der Waals surface area contributed by atoms with Gasteiger partial charge in [0, 0.05) is 18.3 Å². The largest absolute Gasteiger partial charge is 0.380 e. The lowest BCUT2D eigenvalue weighted by atomic mass is 10.2. The molecule has 3 heteroatoms. The highest BCUT2D eigenvalue weighted by Crippen LogP contribution is 2.14. The minimum atomic E-state index is -0.169. The molecule has 0 bridgehead atoms. The van der Waals surface area contributed by atoms with Gasteiger partial charge in [0.1, 0.15) is 5.82 Å². The van der Waals surface area contributed by atoms with Gasteiger partial charge in [-0.15, -0.1) is 0 Å². The summed E-state index contributed by atoms with van der Waals surface area (Å²) in [6, 6.07) is 5.25. The number of halogens is 1. The Morgan fingerprint density at radius 2 is 2.20 bits per heavy atom. The highest BCUT2D eigenvalue weighted by atomic mass is 19.1. The van der Waals surface area contributed by atoms with Gasteiger partial charge in [0.2, 0.25) is 0 Å². The molecule has 1 N–H and O–H groups in total. The Bertz CT molecular complexity index is 314. The van der Waals surface area contributed by atoms with Crippen molar-refractivity contribution in [1.29, 1.82) is 0 Å². The average Bonchev–Trinajstić information content (AvgIpc) is 2.20. The van der Waals surface area contributed by atoms with Gasteiger partial charge in [0.05, 0.1) is 6.61 Å². The van der Waals surface area contributed by atoms with Crippen molar-refractivity contribution < 1.29 is 9.13 Å². The van der Waals surface area contributed by atoms with E-state index in [4.69, 9.17) is 4.74 Å². The van der Waals surface area contributed by atoms with Gasteiger partial charge in [-0.2, -0.15) is 0 Å². The Labute approximate surface area is 90.4 Å². The van der Waals surface area contributed by atoms with Crippen molar-refractivity contribution in [2.45, 2.75) is 26.8 Å². The zero-order valence-corrected chi connectivity index (χ0v) is 9.51. The molecule has 0 aliphatic heterocycles. The van der Waals surface area contributed by atoms with Crippen LogP contribution in [0.5, 0.6) is 0 Å². The predicted octanol–water partition coefficient (Wildman–Crippen LogP) is 2.97. The van der Waals surface area contributed by atoms with Crippen molar-refractivity contribution in [1.82, 2.24) is 0 Å². The van der Waals surface area contributed by atoms with Crippen LogP contribution in [0.2, 0.25) is 0 Å². The summed E-state index contributed by atoms with van der Waals surface area (Å²) in [7, 11) is 0. The molecule has 84 valence electrons. The molecule has 0 spiro atoms. The number of benzene rings is 1. The lowest BCUT2D eigenvalue weighted by molar-refractivity contribution is 0.141. The molecule has 1 aromatic rings. The first-order valence-electron chi connectivity index (χ1n) is 5.24. The van der Waals surface area contributed by atoms with Crippen LogP contribution in [0.4, 0.5) is 10.1 Å². The number of nitrogens with one attached hydrogen (secondary N) is 1. The van der Waals surface area contributed by atoms with Crippen LogP contribution in [0.15, 0.2) is 18.2 Å². The third kappa shape index (κ3) is 3.88. The Hall–Kier alpha value is -1.09. The number of hydrogen-bond acceptors (Lipinski definition) is 2. The molecule has 0 aromatic heterocycles. The lowest BCUT2D eigenvalue weighted by Gasteiger charge is -2.15. The highest BCUT2D eigenvalue weighted by Gasteiger charge is 2.03. The van der Waals surface area contributed by atoms with E-state index in [1.54, 1.807) is 19.1 Å². The number of aryl methyl sites for hydroxylation is 1. The summed E-state index contributed by atoms with van der Waals surface area (Å²) < 4.78 is 18.3. The molecule has 0 saturated heterocycles. The zero-order valence-electron chi connectivity index (χ0n) is 9.51. The number of rotatable bonds is 5. The van der Waals surface area contributed by atoms with E-state index in [1.165, 1.54) is 6.07 Å². The van der Waals surface area contributed by atoms with E-state index in [-0.39, 0.29) is 11.9 Å². The third-order valence-electron chi connectivity index (χ3n) is 2.14. The fourth-order valence-electron chi connectivity index (χ4n) is 1.36. The van der Waals surface area contributed by atoms with Crippen LogP contribution in [0.3, 0.4) is 0 Å². The van der Waals surface area contributed by atoms with E-state index in [0.29, 0.717) is 18.8 Å². The van der Waals surface area contributed by atoms with Gasteiger partial charge in [0.25, 0.3) is 0 Å². The van der Waals surface area contributed by atoms with E-state index in [1.807, 2.05) is 13.8 Å². The summed E-state index contributed by atoms with van der Waals surface area (Å²) in [5, 5.41) is 3.25. The SMILES string of the molecule is CCOCC(C)Nc1ccc(F)c(C)c1. The molecular weight excluding hydrogens is 193 g/mol. The number of ether oxygens (including phenoxy) is 1. The maximum Gasteiger partial charge on any atom is 0.126 e. The Balaban J connectivity index is 2.53. The minimum Gasteiger partial charge on any atom is -0.380 e. The highest BCUT2D eigenvalue weighted by molar-refractivity contribution is 5.46. The van der Waals surface area contributed by atoms with E-state index in [2.05, 4.69) is 5.32 Å². The molecule has 1 aromatic carbocycles. The van der Waals surface area contributed by atoms with Crippen LogP contribution in [0.1, 0.15) is 19.4 Å². The van der Waals surface area contributed by atoms with E-state index >= 15 is 0 Å². The van der Waals surface area contributed by atoms with Gasteiger partial charge in [0.15, 0.2) is 0 Å². The summed E-state index contributed by atoms with van der Waals surface area (Å²) in [5.41, 5.74) is 1.59. The molecule has 1 atom stereocenters. The molecule has 1 unspecified atom stereocenters. The van der Waals surface area contributed by atoms with Crippen molar-refractivity contribution in [3.05, 3.63) is 29.6 Å². The third-order valence-corrected chi connectivity index (χ3v) is 2.14. The van der Waals surface area contributed by atoms with Gasteiger partial charge in [-0.3, -0.25) is 0 Å². The maximum absolute atomic E-state index is 13.0. The van der Waals surface area contributed by atoms with Crippen molar-refractivity contribution in [2.75, 3.05) is 18.5 Å². The molecule has 0 amide bonds. The summed E-state index contributed by atoms with van der Waals surface area (Å²) in [4.78, 5) is 0. The molecule has 0 radical (unpaired) electrons. The smallest absolute Gasteiger partial charge is 0.126 e. The fraction of sp³-hybridized carbons (Fsp3) is 0.500. The van der Waals surface area contributed by atoms with Gasteiger partial charge >= 0.3 is 0 Å². The number of hydrogen-bond donors (Lipinski definition) is 1. The monoisotopic (exact) mass is 211 g/mol. The molecule has 0 heterocycles. The van der Waals surface area contributed by atoms with Gasteiger partial charge in [-0.05, 0) is 44.5 Å². The van der Waals surface area contributed by atoms with Crippen LogP contribution in [-0.2, 0) is 4.74 Å². The van der Waals surface area contributed by atoms with Crippen molar-refractivity contribution in [3.63, 3.8) is 0 Å². The van der Waals surface area contributed by atoms with E-state index < -0.39 is 0 Å². The molecule has 0 aliphatic rings. The second-order valence-electron chi connectivity index (χ2n) is 3.67. The first kappa shape index (κ1) is 12.0. The van der Waals surface area contributed by atoms with Crippen molar-refractivity contribution in [3.8, 4) is 0 Å². The van der Waals surface area contributed by atoms with Crippen molar-refractivity contribution in [2.24, 2.45) is 0 Å². The van der Waals surface area contributed by atoms with Crippen LogP contribution in [0.25, 0.3) is 0 Å². The molecule has 1 rings (SSSR count). The maximum atomic E-state index is 13.0. The molecule has 2 nitrogen and oxygen atoms in total. The number of anilines is 1. The molecule has 0 saturated carbocycles. The Morgan fingerprint density at radius 3 is 2.80 bits per heavy atom. The Morgan fingerprint density at radius 1 is 1.47 bits per heavy atom. The summed E-state index contributed by atoms with van der Waals surface area (Å²) in [6.45, 7) is 7.14. The normalized spacial score (nSPS) is 12.5. The van der Waals surface area contributed by atoms with Crippen LogP contribution in [-0.4, -0.2) is 19.3 Å². The Kier molecular flexibility index (Phi) is 4.56. The van der Waals surface area contributed by atoms with Crippen LogP contribution < -0.4 is 5.32 Å². The molecule has 15 heavy (non-hydrogen) atoms. The van der Waals surface area contributed by atoms with Gasteiger partial charge in [-0.1, -0.05) is 0 Å². The second-order valence-corrected chi connectivity index (χ2v) is 3.67. The first-order valence-corrected chi connectivity index (χ1v) is 5.24. The predicted molar refractivity (Wildman–Crippen MR) is 60.7 cm³/mol. The molecular formula is C12H18FNO. The molecule has 0 aliphatic carbocycles. The summed E-state index contributed by atoms with van der Waals surface area (Å²) >= 11 is 0. The van der Waals surface area contributed by atoms with E-state index in [9.17, 15) is 4.39 Å². The molecule has 0 fully saturated rings. The first-order chi connectivity index (χ1) is 7.13. The quantitative estimate of drug-likeness (QED) is 0.808. The van der Waals surface area contributed by atoms with Gasteiger partial charge in [-0.25, -0.2) is 4.39 Å². The summed E-state index contributed by atoms with van der Waals surface area (Å²) in [6.07, 6.45) is 0. The van der Waals surface area contributed by atoms with Crippen molar-refractivity contribution >= 4 is 5.69 Å². The zero-order chi connectivity index (χ0) is 11.3. The van der Waals surface area contributed by atoms with Crippen LogP contribution >= 0.6 is 0 Å². The van der Waals surface area contributed by atoms with Crippen LogP contribution in [0, 0.1) is 12.7 Å². The standard InChI is InChI=1S/C12H18FNO/c1-4-15-8-10(3)14-11-5-6-12(13)9(2)7-11/h5-7,10,14H,4,8H2,1-3H3.